The molecule has 0 unspecified atom stereocenters. The Morgan fingerprint density at radius 3 is 2.60 bits per heavy atom. The Morgan fingerprint density at radius 2 is 1.80 bits per heavy atom. The highest BCUT2D eigenvalue weighted by molar-refractivity contribution is 5.79. The third kappa shape index (κ3) is 3.88. The number of rotatable bonds is 3. The fourth-order valence-electron chi connectivity index (χ4n) is 4.03. The smallest absolute Gasteiger partial charge is 0.225 e. The zero-order chi connectivity index (χ0) is 17.1. The van der Waals surface area contributed by atoms with Gasteiger partial charge in [0.15, 0.2) is 0 Å². The van der Waals surface area contributed by atoms with E-state index in [4.69, 9.17) is 9.47 Å². The van der Waals surface area contributed by atoms with Gasteiger partial charge in [0.05, 0.1) is 18.9 Å². The molecule has 0 N–H and O–H groups in total. The van der Waals surface area contributed by atoms with Gasteiger partial charge < -0.3 is 18.9 Å². The summed E-state index contributed by atoms with van der Waals surface area (Å²) < 4.78 is 13.1. The van der Waals surface area contributed by atoms with Gasteiger partial charge in [-0.2, -0.15) is 0 Å². The molecule has 1 amide bonds. The van der Waals surface area contributed by atoms with Gasteiger partial charge in [-0.25, -0.2) is 4.98 Å². The maximum atomic E-state index is 12.8. The van der Waals surface area contributed by atoms with E-state index in [9.17, 15) is 4.79 Å². The summed E-state index contributed by atoms with van der Waals surface area (Å²) in [4.78, 5) is 21.9. The van der Waals surface area contributed by atoms with Crippen LogP contribution in [0.5, 0.6) is 0 Å². The highest BCUT2D eigenvalue weighted by Crippen LogP contribution is 2.20. The SMILES string of the molecule is O=C(C1CCOCC1)N1CCc2ncc(CN3CCOCC3)n2CC1. The van der Waals surface area contributed by atoms with E-state index in [-0.39, 0.29) is 5.92 Å². The fourth-order valence-corrected chi connectivity index (χ4v) is 4.03. The topological polar surface area (TPSA) is 59.8 Å². The summed E-state index contributed by atoms with van der Waals surface area (Å²) in [6.07, 6.45) is 4.59. The molecule has 3 aliphatic rings. The van der Waals surface area contributed by atoms with Crippen LogP contribution in [0.1, 0.15) is 24.4 Å². The van der Waals surface area contributed by atoms with Crippen LogP contribution in [0.25, 0.3) is 0 Å². The molecule has 2 saturated heterocycles. The number of imidazole rings is 1. The predicted molar refractivity (Wildman–Crippen MR) is 92.2 cm³/mol. The first-order valence-corrected chi connectivity index (χ1v) is 9.51. The van der Waals surface area contributed by atoms with Crippen molar-refractivity contribution >= 4 is 5.91 Å². The van der Waals surface area contributed by atoms with Gasteiger partial charge in [-0.05, 0) is 12.8 Å². The molecule has 25 heavy (non-hydrogen) atoms. The first-order chi connectivity index (χ1) is 12.3. The highest BCUT2D eigenvalue weighted by Gasteiger charge is 2.28. The molecule has 0 atom stereocenters. The maximum absolute atomic E-state index is 12.8. The fraction of sp³-hybridized carbons (Fsp3) is 0.778. The number of morpholine rings is 1. The van der Waals surface area contributed by atoms with Crippen LogP contribution in [0.15, 0.2) is 6.20 Å². The van der Waals surface area contributed by atoms with Crippen LogP contribution in [-0.2, 0) is 33.8 Å². The van der Waals surface area contributed by atoms with Crippen molar-refractivity contribution in [3.05, 3.63) is 17.7 Å². The summed E-state index contributed by atoms with van der Waals surface area (Å²) in [6, 6.07) is 0. The van der Waals surface area contributed by atoms with E-state index in [0.29, 0.717) is 5.91 Å². The van der Waals surface area contributed by atoms with Crippen LogP contribution in [0.3, 0.4) is 0 Å². The molecule has 7 nitrogen and oxygen atoms in total. The normalized spacial score (nSPS) is 23.3. The second-order valence-corrected chi connectivity index (χ2v) is 7.17. The number of hydrogen-bond acceptors (Lipinski definition) is 5. The lowest BCUT2D eigenvalue weighted by atomic mass is 9.98. The van der Waals surface area contributed by atoms with Crippen LogP contribution in [-0.4, -0.2) is 77.9 Å². The van der Waals surface area contributed by atoms with Gasteiger partial charge in [0.1, 0.15) is 5.82 Å². The molecule has 0 spiro atoms. The molecule has 7 heteroatoms. The number of amides is 1. The highest BCUT2D eigenvalue weighted by atomic mass is 16.5. The summed E-state index contributed by atoms with van der Waals surface area (Å²) >= 11 is 0. The number of nitrogens with zero attached hydrogens (tertiary/aromatic N) is 4. The molecule has 1 aromatic rings. The van der Waals surface area contributed by atoms with Crippen LogP contribution in [0, 0.1) is 5.92 Å². The molecule has 4 rings (SSSR count). The number of carbonyl (C=O) groups is 1. The van der Waals surface area contributed by atoms with Crippen molar-refractivity contribution in [2.75, 3.05) is 52.6 Å². The lowest BCUT2D eigenvalue weighted by Gasteiger charge is -2.28. The van der Waals surface area contributed by atoms with E-state index in [1.807, 2.05) is 11.1 Å². The number of hydrogen-bond donors (Lipinski definition) is 0. The van der Waals surface area contributed by atoms with E-state index in [1.165, 1.54) is 5.69 Å². The van der Waals surface area contributed by atoms with Gasteiger partial charge in [-0.3, -0.25) is 9.69 Å². The van der Waals surface area contributed by atoms with Crippen molar-refractivity contribution < 1.29 is 14.3 Å². The van der Waals surface area contributed by atoms with E-state index in [0.717, 1.165) is 90.8 Å². The molecule has 4 heterocycles. The van der Waals surface area contributed by atoms with Crippen LogP contribution >= 0.6 is 0 Å². The average Bonchev–Trinajstić information content (AvgIpc) is 2.91. The van der Waals surface area contributed by atoms with Crippen molar-refractivity contribution in [3.63, 3.8) is 0 Å². The Balaban J connectivity index is 1.39. The minimum Gasteiger partial charge on any atom is -0.381 e. The second kappa shape index (κ2) is 7.85. The average molecular weight is 348 g/mol. The van der Waals surface area contributed by atoms with Crippen molar-refractivity contribution in [1.29, 1.82) is 0 Å². The third-order valence-corrected chi connectivity index (χ3v) is 5.59. The summed E-state index contributed by atoms with van der Waals surface area (Å²) in [6.45, 7) is 8.37. The van der Waals surface area contributed by atoms with Gasteiger partial charge >= 0.3 is 0 Å². The van der Waals surface area contributed by atoms with Gasteiger partial charge in [0.25, 0.3) is 0 Å². The molecular weight excluding hydrogens is 320 g/mol. The van der Waals surface area contributed by atoms with Crippen molar-refractivity contribution in [2.24, 2.45) is 5.92 Å². The number of aromatic nitrogens is 2. The molecule has 1 aromatic heterocycles. The summed E-state index contributed by atoms with van der Waals surface area (Å²) in [7, 11) is 0. The second-order valence-electron chi connectivity index (χ2n) is 7.17. The summed E-state index contributed by atoms with van der Waals surface area (Å²) in [5.74, 6) is 1.57. The van der Waals surface area contributed by atoms with Gasteiger partial charge in [-0.1, -0.05) is 0 Å². The van der Waals surface area contributed by atoms with Gasteiger partial charge in [0.2, 0.25) is 5.91 Å². The van der Waals surface area contributed by atoms with Crippen molar-refractivity contribution in [3.8, 4) is 0 Å². The molecule has 0 aliphatic carbocycles. The zero-order valence-corrected chi connectivity index (χ0v) is 14.9. The minimum atomic E-state index is 0.145. The molecule has 3 aliphatic heterocycles. The van der Waals surface area contributed by atoms with E-state index >= 15 is 0 Å². The zero-order valence-electron chi connectivity index (χ0n) is 14.9. The van der Waals surface area contributed by atoms with E-state index < -0.39 is 0 Å². The van der Waals surface area contributed by atoms with Gasteiger partial charge in [-0.15, -0.1) is 0 Å². The number of carbonyl (C=O) groups excluding carboxylic acids is 1. The lowest BCUT2D eigenvalue weighted by Crippen LogP contribution is -2.40. The van der Waals surface area contributed by atoms with E-state index in [2.05, 4.69) is 14.5 Å². The standard InChI is InChI=1S/C18H28N4O3/c23-18(15-2-9-24-10-3-15)21-4-1-17-19-13-16(22(17)6-5-21)14-20-7-11-25-12-8-20/h13,15H,1-12,14H2. The first-order valence-electron chi connectivity index (χ1n) is 9.51. The largest absolute Gasteiger partial charge is 0.381 e. The molecular formula is C18H28N4O3. The Kier molecular flexibility index (Phi) is 5.33. The Labute approximate surface area is 148 Å². The van der Waals surface area contributed by atoms with Crippen molar-refractivity contribution in [2.45, 2.75) is 32.4 Å². The molecule has 138 valence electrons. The minimum absolute atomic E-state index is 0.145. The maximum Gasteiger partial charge on any atom is 0.225 e. The Hall–Kier alpha value is -1.44. The number of fused-ring (bicyclic) bond motifs is 1. The third-order valence-electron chi connectivity index (χ3n) is 5.59. The van der Waals surface area contributed by atoms with Crippen LogP contribution < -0.4 is 0 Å². The molecule has 0 saturated carbocycles. The van der Waals surface area contributed by atoms with Crippen molar-refractivity contribution in [1.82, 2.24) is 19.4 Å². The monoisotopic (exact) mass is 348 g/mol. The van der Waals surface area contributed by atoms with Gasteiger partial charge in [0, 0.05) is 71.0 Å². The molecule has 0 radical (unpaired) electrons. The lowest BCUT2D eigenvalue weighted by molar-refractivity contribution is -0.138. The first kappa shape index (κ1) is 17.0. The van der Waals surface area contributed by atoms with Crippen LogP contribution in [0.2, 0.25) is 0 Å². The van der Waals surface area contributed by atoms with E-state index in [1.54, 1.807) is 0 Å². The summed E-state index contributed by atoms with van der Waals surface area (Å²) in [5, 5.41) is 0. The quantitative estimate of drug-likeness (QED) is 0.797. The summed E-state index contributed by atoms with van der Waals surface area (Å²) in [5.41, 5.74) is 1.26. The number of ether oxygens (including phenoxy) is 2. The molecule has 0 aromatic carbocycles. The molecule has 2 fully saturated rings. The predicted octanol–water partition coefficient (Wildman–Crippen LogP) is 0.527. The Morgan fingerprint density at radius 1 is 1.04 bits per heavy atom. The van der Waals surface area contributed by atoms with Crippen LogP contribution in [0.4, 0.5) is 0 Å². The Bertz CT molecular complexity index is 591. The molecule has 0 bridgehead atoms.